The second kappa shape index (κ2) is 3.55. The molecule has 0 bridgehead atoms. The summed E-state index contributed by atoms with van der Waals surface area (Å²) in [6.45, 7) is 0. The van der Waals surface area contributed by atoms with Crippen molar-refractivity contribution in [2.75, 3.05) is 6.26 Å². The number of fused-ring (bicyclic) bond motifs is 1. The van der Waals surface area contributed by atoms with Crippen LogP contribution in [-0.4, -0.2) is 31.5 Å². The van der Waals surface area contributed by atoms with E-state index in [4.69, 9.17) is 0 Å². The summed E-state index contributed by atoms with van der Waals surface area (Å²) in [7, 11) is -3.98. The maximum atomic E-state index is 13.4. The van der Waals surface area contributed by atoms with Crippen LogP contribution in [0.5, 0.6) is 0 Å². The van der Waals surface area contributed by atoms with Gasteiger partial charge in [-0.25, -0.2) is 12.8 Å². The van der Waals surface area contributed by atoms with E-state index in [1.807, 2.05) is 0 Å². The number of hydrogen-bond donors (Lipinski definition) is 1. The second-order valence-corrected chi connectivity index (χ2v) is 5.95. The quantitative estimate of drug-likeness (QED) is 0.782. The standard InChI is InChI=1S/C10H7F3O4S/c1-18(16,17)5-3-2-4(11)6-7(5)9(15)10(12,13)8(6)14/h2-3,8,14H,1H3. The molecule has 0 fully saturated rings. The SMILES string of the molecule is CS(=O)(=O)c1ccc(F)c2c1C(=O)C(F)(F)C2O. The molecule has 18 heavy (non-hydrogen) atoms. The topological polar surface area (TPSA) is 71.4 Å². The van der Waals surface area contributed by atoms with E-state index in [9.17, 15) is 31.5 Å². The molecule has 0 spiro atoms. The molecular formula is C10H7F3O4S. The third kappa shape index (κ3) is 1.56. The minimum Gasteiger partial charge on any atom is -0.381 e. The third-order valence-electron chi connectivity index (χ3n) is 2.70. The first-order chi connectivity index (χ1) is 8.08. The van der Waals surface area contributed by atoms with Gasteiger partial charge in [-0.2, -0.15) is 8.78 Å². The van der Waals surface area contributed by atoms with Gasteiger partial charge in [-0.05, 0) is 12.1 Å². The average molecular weight is 280 g/mol. The van der Waals surface area contributed by atoms with E-state index in [2.05, 4.69) is 0 Å². The van der Waals surface area contributed by atoms with Crippen LogP contribution in [0.1, 0.15) is 22.0 Å². The maximum absolute atomic E-state index is 13.4. The Balaban J connectivity index is 2.89. The molecule has 1 unspecified atom stereocenters. The lowest BCUT2D eigenvalue weighted by Crippen LogP contribution is -2.28. The fourth-order valence-electron chi connectivity index (χ4n) is 1.86. The molecule has 0 aromatic heterocycles. The van der Waals surface area contributed by atoms with Crippen molar-refractivity contribution in [1.29, 1.82) is 0 Å². The summed E-state index contributed by atoms with van der Waals surface area (Å²) in [4.78, 5) is 10.7. The fourth-order valence-corrected chi connectivity index (χ4v) is 2.75. The summed E-state index contributed by atoms with van der Waals surface area (Å²) in [5.74, 6) is -7.34. The van der Waals surface area contributed by atoms with Gasteiger partial charge in [0.25, 0.3) is 0 Å². The summed E-state index contributed by atoms with van der Waals surface area (Å²) in [5.41, 5.74) is -1.93. The molecule has 0 saturated heterocycles. The van der Waals surface area contributed by atoms with Crippen molar-refractivity contribution in [3.63, 3.8) is 0 Å². The van der Waals surface area contributed by atoms with Crippen molar-refractivity contribution in [1.82, 2.24) is 0 Å². The van der Waals surface area contributed by atoms with Crippen LogP contribution >= 0.6 is 0 Å². The van der Waals surface area contributed by atoms with E-state index in [1.54, 1.807) is 0 Å². The lowest BCUT2D eigenvalue weighted by atomic mass is 10.1. The summed E-state index contributed by atoms with van der Waals surface area (Å²) < 4.78 is 62.7. The number of aliphatic hydroxyl groups excluding tert-OH is 1. The molecule has 1 aliphatic rings. The number of halogens is 3. The number of carbonyl (C=O) groups is 1. The Labute approximate surface area is 100.0 Å². The lowest BCUT2D eigenvalue weighted by Gasteiger charge is -2.11. The number of ketones is 1. The first kappa shape index (κ1) is 13.0. The molecule has 2 rings (SSSR count). The largest absolute Gasteiger partial charge is 0.381 e. The summed E-state index contributed by atoms with van der Waals surface area (Å²) >= 11 is 0. The molecular weight excluding hydrogens is 273 g/mol. The van der Waals surface area contributed by atoms with Crippen molar-refractivity contribution >= 4 is 15.6 Å². The van der Waals surface area contributed by atoms with Crippen molar-refractivity contribution < 1.29 is 31.5 Å². The van der Waals surface area contributed by atoms with Gasteiger partial charge >= 0.3 is 5.92 Å². The van der Waals surface area contributed by atoms with Crippen molar-refractivity contribution in [3.8, 4) is 0 Å². The Morgan fingerprint density at radius 3 is 2.39 bits per heavy atom. The summed E-state index contributed by atoms with van der Waals surface area (Å²) in [5, 5.41) is 9.24. The lowest BCUT2D eigenvalue weighted by molar-refractivity contribution is -0.0717. The second-order valence-electron chi connectivity index (χ2n) is 3.96. The normalized spacial score (nSPS) is 22.1. The monoisotopic (exact) mass is 280 g/mol. The molecule has 1 aromatic carbocycles. The molecule has 0 amide bonds. The van der Waals surface area contributed by atoms with Gasteiger partial charge in [0.2, 0.25) is 5.78 Å². The zero-order valence-corrected chi connectivity index (χ0v) is 9.76. The minimum atomic E-state index is -4.22. The Hall–Kier alpha value is -1.41. The van der Waals surface area contributed by atoms with Gasteiger partial charge in [0, 0.05) is 11.8 Å². The Morgan fingerprint density at radius 2 is 1.89 bits per heavy atom. The number of sulfone groups is 1. The predicted molar refractivity (Wildman–Crippen MR) is 53.7 cm³/mol. The smallest absolute Gasteiger partial charge is 0.339 e. The van der Waals surface area contributed by atoms with Gasteiger partial charge < -0.3 is 5.11 Å². The van der Waals surface area contributed by atoms with Crippen LogP contribution in [0.15, 0.2) is 17.0 Å². The molecule has 98 valence electrons. The maximum Gasteiger partial charge on any atom is 0.339 e. The number of rotatable bonds is 1. The average Bonchev–Trinajstić information content (AvgIpc) is 2.40. The molecule has 4 nitrogen and oxygen atoms in total. The Kier molecular flexibility index (Phi) is 2.57. The van der Waals surface area contributed by atoms with Gasteiger partial charge in [-0.1, -0.05) is 0 Å². The van der Waals surface area contributed by atoms with Crippen LogP contribution in [0.25, 0.3) is 0 Å². The van der Waals surface area contributed by atoms with Crippen LogP contribution in [0, 0.1) is 5.82 Å². The van der Waals surface area contributed by atoms with E-state index in [0.29, 0.717) is 12.3 Å². The van der Waals surface area contributed by atoms with Crippen LogP contribution in [0.3, 0.4) is 0 Å². The van der Waals surface area contributed by atoms with Crippen LogP contribution in [-0.2, 0) is 9.84 Å². The van der Waals surface area contributed by atoms with Gasteiger partial charge in [0.05, 0.1) is 10.5 Å². The predicted octanol–water partition coefficient (Wildman–Crippen LogP) is 1.09. The molecule has 1 atom stereocenters. The van der Waals surface area contributed by atoms with E-state index >= 15 is 0 Å². The molecule has 1 aliphatic carbocycles. The van der Waals surface area contributed by atoms with Crippen LogP contribution in [0.4, 0.5) is 13.2 Å². The van der Waals surface area contributed by atoms with Crippen molar-refractivity contribution in [2.24, 2.45) is 0 Å². The zero-order valence-electron chi connectivity index (χ0n) is 8.95. The highest BCUT2D eigenvalue weighted by molar-refractivity contribution is 7.90. The molecule has 0 radical (unpaired) electrons. The minimum absolute atomic E-state index is 0.632. The molecule has 8 heteroatoms. The molecule has 1 N–H and O–H groups in total. The van der Waals surface area contributed by atoms with E-state index in [1.165, 1.54) is 0 Å². The summed E-state index contributed by atoms with van der Waals surface area (Å²) in [6.07, 6.45) is -1.96. The van der Waals surface area contributed by atoms with E-state index in [0.717, 1.165) is 6.07 Å². The van der Waals surface area contributed by atoms with E-state index in [-0.39, 0.29) is 0 Å². The number of hydrogen-bond acceptors (Lipinski definition) is 4. The summed E-state index contributed by atoms with van der Waals surface area (Å²) in [6, 6.07) is 1.36. The Morgan fingerprint density at radius 1 is 1.33 bits per heavy atom. The highest BCUT2D eigenvalue weighted by Gasteiger charge is 2.57. The molecule has 0 heterocycles. The molecule has 1 aromatic rings. The van der Waals surface area contributed by atoms with Crippen molar-refractivity contribution in [3.05, 3.63) is 29.1 Å². The number of benzene rings is 1. The van der Waals surface area contributed by atoms with Crippen molar-refractivity contribution in [2.45, 2.75) is 16.9 Å². The number of aliphatic hydroxyl groups is 1. The number of carbonyl (C=O) groups excluding carboxylic acids is 1. The van der Waals surface area contributed by atoms with E-state index < -0.39 is 49.5 Å². The highest BCUT2D eigenvalue weighted by Crippen LogP contribution is 2.46. The first-order valence-corrected chi connectivity index (χ1v) is 6.60. The zero-order chi connectivity index (χ0) is 13.9. The number of Topliss-reactive ketones (excluding diaryl/α,β-unsaturated/α-hetero) is 1. The first-order valence-electron chi connectivity index (χ1n) is 4.71. The van der Waals surface area contributed by atoms with Crippen LogP contribution in [0.2, 0.25) is 0 Å². The molecule has 0 aliphatic heterocycles. The fraction of sp³-hybridized carbons (Fsp3) is 0.300. The number of alkyl halides is 2. The highest BCUT2D eigenvalue weighted by atomic mass is 32.2. The van der Waals surface area contributed by atoms with Crippen LogP contribution < -0.4 is 0 Å². The Bertz CT molecular complexity index is 651. The molecule has 0 saturated carbocycles. The third-order valence-corrected chi connectivity index (χ3v) is 3.84. The van der Waals surface area contributed by atoms with Gasteiger partial charge in [0.15, 0.2) is 15.9 Å². The van der Waals surface area contributed by atoms with Gasteiger partial charge in [-0.15, -0.1) is 0 Å². The van der Waals surface area contributed by atoms with Gasteiger partial charge in [0.1, 0.15) is 5.82 Å². The van der Waals surface area contributed by atoms with Gasteiger partial charge in [-0.3, -0.25) is 4.79 Å².